The molecule has 0 fully saturated rings. The van der Waals surface area contributed by atoms with E-state index in [1.54, 1.807) is 0 Å². The highest BCUT2D eigenvalue weighted by Crippen LogP contribution is 2.23. The van der Waals surface area contributed by atoms with Crippen LogP contribution in [0.3, 0.4) is 0 Å². The summed E-state index contributed by atoms with van der Waals surface area (Å²) in [6.45, 7) is 2.84. The summed E-state index contributed by atoms with van der Waals surface area (Å²) in [5, 5.41) is 10.7. The van der Waals surface area contributed by atoms with Crippen LogP contribution in [-0.2, 0) is 4.79 Å². The van der Waals surface area contributed by atoms with E-state index in [0.717, 1.165) is 0 Å². The highest BCUT2D eigenvalue weighted by atomic mass is 19.2. The number of carbonyl (C=O) groups is 3. The minimum absolute atomic E-state index is 0.360. The van der Waals surface area contributed by atoms with Crippen molar-refractivity contribution in [2.24, 2.45) is 5.92 Å². The number of hydrogen-bond donors (Lipinski definition) is 2. The zero-order chi connectivity index (χ0) is 17.2. The molecule has 0 saturated carbocycles. The largest absolute Gasteiger partial charge is 0.480 e. The summed E-state index contributed by atoms with van der Waals surface area (Å²) < 4.78 is 53.3. The van der Waals surface area contributed by atoms with Gasteiger partial charge in [-0.15, -0.1) is 0 Å². The van der Waals surface area contributed by atoms with E-state index >= 15 is 0 Å². The van der Waals surface area contributed by atoms with E-state index in [9.17, 15) is 31.9 Å². The van der Waals surface area contributed by atoms with E-state index < -0.39 is 58.2 Å². The van der Waals surface area contributed by atoms with Crippen LogP contribution >= 0.6 is 0 Å². The van der Waals surface area contributed by atoms with Gasteiger partial charge in [-0.1, -0.05) is 13.8 Å². The number of amides is 1. The van der Waals surface area contributed by atoms with Crippen LogP contribution < -0.4 is 5.32 Å². The molecule has 0 aromatic heterocycles. The lowest BCUT2D eigenvalue weighted by Crippen LogP contribution is -2.45. The van der Waals surface area contributed by atoms with Crippen LogP contribution in [0.4, 0.5) is 17.6 Å². The number of carbonyl (C=O) groups excluding carboxylic acids is 2. The number of benzene rings is 1. The van der Waals surface area contributed by atoms with Gasteiger partial charge in [0.15, 0.2) is 29.6 Å². The SMILES string of the molecule is CC(C)[C@H](NC(=O)c1c(F)c(F)c(F)c(F)c1C=O)C(=O)O. The molecule has 1 aromatic rings. The first-order valence-electron chi connectivity index (χ1n) is 5.98. The van der Waals surface area contributed by atoms with Crippen LogP contribution in [0.1, 0.15) is 34.6 Å². The van der Waals surface area contributed by atoms with Crippen LogP contribution in [0.2, 0.25) is 0 Å². The lowest BCUT2D eigenvalue weighted by atomic mass is 10.0. The molecule has 22 heavy (non-hydrogen) atoms. The van der Waals surface area contributed by atoms with Crippen molar-refractivity contribution >= 4 is 18.2 Å². The molecule has 0 heterocycles. The fraction of sp³-hybridized carbons (Fsp3) is 0.308. The predicted octanol–water partition coefficient (Wildman–Crippen LogP) is 1.89. The van der Waals surface area contributed by atoms with E-state index in [1.807, 2.05) is 5.32 Å². The zero-order valence-electron chi connectivity index (χ0n) is 11.4. The Kier molecular flexibility index (Phi) is 5.23. The molecule has 1 amide bonds. The number of hydrogen-bond acceptors (Lipinski definition) is 3. The number of halogens is 4. The van der Waals surface area contributed by atoms with Gasteiger partial charge in [0.2, 0.25) is 0 Å². The second kappa shape index (κ2) is 6.54. The fourth-order valence-corrected chi connectivity index (χ4v) is 1.71. The fourth-order valence-electron chi connectivity index (χ4n) is 1.71. The van der Waals surface area contributed by atoms with Crippen LogP contribution in [0.15, 0.2) is 0 Å². The molecule has 5 nitrogen and oxygen atoms in total. The van der Waals surface area contributed by atoms with Gasteiger partial charge >= 0.3 is 5.97 Å². The van der Waals surface area contributed by atoms with Crippen molar-refractivity contribution in [3.8, 4) is 0 Å². The van der Waals surface area contributed by atoms with Gasteiger partial charge in [0.25, 0.3) is 5.91 Å². The molecule has 9 heteroatoms. The third kappa shape index (κ3) is 3.07. The summed E-state index contributed by atoms with van der Waals surface area (Å²) in [6, 6.07) is -1.50. The van der Waals surface area contributed by atoms with E-state index in [2.05, 4.69) is 0 Å². The molecule has 1 rings (SSSR count). The van der Waals surface area contributed by atoms with Crippen molar-refractivity contribution in [1.29, 1.82) is 0 Å². The van der Waals surface area contributed by atoms with Gasteiger partial charge in [0.1, 0.15) is 6.04 Å². The number of nitrogens with one attached hydrogen (secondary N) is 1. The zero-order valence-corrected chi connectivity index (χ0v) is 11.4. The molecule has 0 aliphatic heterocycles. The molecule has 0 radical (unpaired) electrons. The second-order valence-electron chi connectivity index (χ2n) is 4.70. The molecule has 0 spiro atoms. The maximum Gasteiger partial charge on any atom is 0.326 e. The molecule has 0 aliphatic carbocycles. The Morgan fingerprint density at radius 2 is 1.55 bits per heavy atom. The van der Waals surface area contributed by atoms with Crippen LogP contribution in [0.5, 0.6) is 0 Å². The lowest BCUT2D eigenvalue weighted by Gasteiger charge is -2.19. The third-order valence-corrected chi connectivity index (χ3v) is 2.87. The third-order valence-electron chi connectivity index (χ3n) is 2.87. The number of carboxylic acids is 1. The Balaban J connectivity index is 3.40. The van der Waals surface area contributed by atoms with Gasteiger partial charge in [-0.25, -0.2) is 22.4 Å². The van der Waals surface area contributed by atoms with Crippen LogP contribution in [-0.4, -0.2) is 29.3 Å². The summed E-state index contributed by atoms with van der Waals surface area (Å²) >= 11 is 0. The highest BCUT2D eigenvalue weighted by Gasteiger charge is 2.32. The van der Waals surface area contributed by atoms with E-state index in [0.29, 0.717) is 0 Å². The first-order chi connectivity index (χ1) is 10.1. The van der Waals surface area contributed by atoms with Gasteiger partial charge < -0.3 is 10.4 Å². The lowest BCUT2D eigenvalue weighted by molar-refractivity contribution is -0.140. The minimum Gasteiger partial charge on any atom is -0.480 e. The number of aldehydes is 1. The first-order valence-corrected chi connectivity index (χ1v) is 5.98. The van der Waals surface area contributed by atoms with Crippen molar-refractivity contribution in [3.05, 3.63) is 34.4 Å². The van der Waals surface area contributed by atoms with E-state index in [1.165, 1.54) is 13.8 Å². The van der Waals surface area contributed by atoms with Crippen LogP contribution in [0, 0.1) is 29.2 Å². The normalized spacial score (nSPS) is 12.1. The van der Waals surface area contributed by atoms with Crippen molar-refractivity contribution in [3.63, 3.8) is 0 Å². The number of carboxylic acid groups (broad SMARTS) is 1. The number of aliphatic carboxylic acids is 1. The van der Waals surface area contributed by atoms with Crippen molar-refractivity contribution in [2.75, 3.05) is 0 Å². The smallest absolute Gasteiger partial charge is 0.326 e. The van der Waals surface area contributed by atoms with Crippen LogP contribution in [0.25, 0.3) is 0 Å². The maximum absolute atomic E-state index is 13.6. The molecule has 120 valence electrons. The number of rotatable bonds is 5. The van der Waals surface area contributed by atoms with Crippen molar-refractivity contribution in [1.82, 2.24) is 5.32 Å². The summed E-state index contributed by atoms with van der Waals surface area (Å²) in [6.07, 6.45) is -0.360. The van der Waals surface area contributed by atoms with Gasteiger partial charge in [0, 0.05) is 0 Å². The summed E-state index contributed by atoms with van der Waals surface area (Å²) in [4.78, 5) is 33.5. The van der Waals surface area contributed by atoms with Gasteiger partial charge in [0.05, 0.1) is 11.1 Å². The van der Waals surface area contributed by atoms with E-state index in [4.69, 9.17) is 5.11 Å². The highest BCUT2D eigenvalue weighted by molar-refractivity contribution is 6.03. The molecule has 0 aliphatic rings. The van der Waals surface area contributed by atoms with Crippen molar-refractivity contribution < 1.29 is 37.1 Å². The topological polar surface area (TPSA) is 83.5 Å². The molecular formula is C13H11F4NO4. The molecule has 0 unspecified atom stereocenters. The Morgan fingerprint density at radius 1 is 1.05 bits per heavy atom. The molecule has 0 bridgehead atoms. The average Bonchev–Trinajstić information content (AvgIpc) is 2.44. The molecule has 1 atom stereocenters. The molecule has 1 aromatic carbocycles. The summed E-state index contributed by atoms with van der Waals surface area (Å²) in [7, 11) is 0. The van der Waals surface area contributed by atoms with E-state index in [-0.39, 0.29) is 6.29 Å². The Morgan fingerprint density at radius 3 is 1.95 bits per heavy atom. The monoisotopic (exact) mass is 321 g/mol. The average molecular weight is 321 g/mol. The standard InChI is InChI=1S/C13H11F4NO4/c1-4(2)11(13(21)22)18-12(20)6-5(3-19)7(14)9(16)10(17)8(6)15/h3-4,11H,1-2H3,(H,18,20)(H,21,22)/t11-/m0/s1. The predicted molar refractivity (Wildman–Crippen MR) is 65.4 cm³/mol. The maximum atomic E-state index is 13.6. The molecule has 2 N–H and O–H groups in total. The summed E-state index contributed by atoms with van der Waals surface area (Å²) in [5.74, 6) is -12.3. The molecule has 0 saturated heterocycles. The summed E-state index contributed by atoms with van der Waals surface area (Å²) in [5.41, 5.74) is -2.72. The minimum atomic E-state index is -2.27. The Bertz CT molecular complexity index is 646. The van der Waals surface area contributed by atoms with Gasteiger partial charge in [-0.05, 0) is 5.92 Å². The Hall–Kier alpha value is -2.45. The van der Waals surface area contributed by atoms with Gasteiger partial charge in [-0.2, -0.15) is 0 Å². The van der Waals surface area contributed by atoms with Gasteiger partial charge in [-0.3, -0.25) is 9.59 Å². The molecular weight excluding hydrogens is 310 g/mol. The second-order valence-corrected chi connectivity index (χ2v) is 4.70. The Labute approximate surface area is 121 Å². The van der Waals surface area contributed by atoms with Crippen molar-refractivity contribution in [2.45, 2.75) is 19.9 Å². The quantitative estimate of drug-likeness (QED) is 0.375. The first kappa shape index (κ1) is 17.6.